The van der Waals surface area contributed by atoms with E-state index < -0.39 is 16.2 Å². The van der Waals surface area contributed by atoms with E-state index in [9.17, 15) is 0 Å². The second-order valence-electron chi connectivity index (χ2n) is 1.19. The molecule has 3 heteroatoms. The Labute approximate surface area is 65.5 Å². The van der Waals surface area contributed by atoms with Crippen LogP contribution in [0.1, 0.15) is 0 Å². The minimum atomic E-state index is -0.842. The van der Waals surface area contributed by atoms with Crippen molar-refractivity contribution in [2.24, 2.45) is 0 Å². The van der Waals surface area contributed by atoms with Gasteiger partial charge in [-0.1, -0.05) is 0 Å². The molecule has 0 bridgehead atoms. The molecule has 0 saturated carbocycles. The summed E-state index contributed by atoms with van der Waals surface area (Å²) in [6.07, 6.45) is 0. The van der Waals surface area contributed by atoms with Crippen molar-refractivity contribution in [3.05, 3.63) is 30.3 Å². The Hall–Kier alpha value is -0.867. The first-order chi connectivity index (χ1) is 4.91. The van der Waals surface area contributed by atoms with Crippen molar-refractivity contribution < 1.29 is 25.8 Å². The Balaban J connectivity index is 0.000000162. The van der Waals surface area contributed by atoms with Crippen LogP contribution in [-0.4, -0.2) is 8.95 Å². The van der Waals surface area contributed by atoms with Crippen molar-refractivity contribution >= 4 is 8.95 Å². The Morgan fingerprint density at radius 1 is 1.10 bits per heavy atom. The van der Waals surface area contributed by atoms with Gasteiger partial charge in [-0.2, -0.15) is 18.2 Å². The number of carbonyl (C=O) groups excluding carboxylic acids is 2. The van der Waals surface area contributed by atoms with Gasteiger partial charge in [-0.05, 0) is 0 Å². The standard InChI is InChI=1S/C5H5.2CO.Ru/c1-2-4-5-3-1;2*1-2;/h1-5H;;;/q-1;;;. The van der Waals surface area contributed by atoms with Gasteiger partial charge in [-0.15, -0.1) is 0 Å². The zero-order valence-corrected chi connectivity index (χ0v) is 6.79. The van der Waals surface area contributed by atoms with Crippen LogP contribution in [0.25, 0.3) is 0 Å². The number of hydrogen-bond acceptors (Lipinski definition) is 2. The number of rotatable bonds is 0. The van der Waals surface area contributed by atoms with Gasteiger partial charge in [-0.3, -0.25) is 0 Å². The molecule has 1 aromatic rings. The molecule has 0 saturated heterocycles. The van der Waals surface area contributed by atoms with E-state index in [1.165, 1.54) is 8.95 Å². The minimum Gasteiger partial charge on any atom is -0.214 e. The Morgan fingerprint density at radius 3 is 1.70 bits per heavy atom. The van der Waals surface area contributed by atoms with Crippen molar-refractivity contribution in [2.75, 3.05) is 0 Å². The topological polar surface area (TPSA) is 34.1 Å². The van der Waals surface area contributed by atoms with Crippen molar-refractivity contribution in [3.63, 3.8) is 0 Å². The van der Waals surface area contributed by atoms with Gasteiger partial charge in [0.1, 0.15) is 0 Å². The van der Waals surface area contributed by atoms with Gasteiger partial charge in [-0.25, -0.2) is 12.1 Å². The van der Waals surface area contributed by atoms with Gasteiger partial charge in [0.25, 0.3) is 0 Å². The average Bonchev–Trinajstić information content (AvgIpc) is 2.44. The van der Waals surface area contributed by atoms with Crippen LogP contribution in [-0.2, 0) is 25.8 Å². The van der Waals surface area contributed by atoms with Crippen LogP contribution in [0.15, 0.2) is 30.3 Å². The maximum Gasteiger partial charge on any atom is -0.172 e. The summed E-state index contributed by atoms with van der Waals surface area (Å²) in [5.74, 6) is 0. The summed E-state index contributed by atoms with van der Waals surface area (Å²) in [6, 6.07) is 10.0. The van der Waals surface area contributed by atoms with E-state index in [0.717, 1.165) is 0 Å². The van der Waals surface area contributed by atoms with Crippen LogP contribution in [0.2, 0.25) is 0 Å². The average molecular weight is 222 g/mol. The molecule has 0 aliphatic rings. The molecule has 0 unspecified atom stereocenters. The SMILES string of the molecule is O=[C]=[Ru]=[C]=O.c1cc[cH-]c1. The quantitative estimate of drug-likeness (QED) is 0.476. The van der Waals surface area contributed by atoms with Crippen LogP contribution in [0, 0.1) is 0 Å². The molecular formula is C7H5O2Ru-. The van der Waals surface area contributed by atoms with E-state index in [1.807, 2.05) is 30.3 Å². The minimum absolute atomic E-state index is 0.842. The molecule has 1 rings (SSSR count). The molecule has 0 radical (unpaired) electrons. The molecule has 54 valence electrons. The first kappa shape index (κ1) is 9.13. The van der Waals surface area contributed by atoms with E-state index >= 15 is 0 Å². The molecular weight excluding hydrogens is 217 g/mol. The van der Waals surface area contributed by atoms with Gasteiger partial charge in [0.2, 0.25) is 0 Å². The second kappa shape index (κ2) is 8.13. The Kier molecular flexibility index (Phi) is 7.43. The predicted molar refractivity (Wildman–Crippen MR) is 33.4 cm³/mol. The van der Waals surface area contributed by atoms with E-state index in [1.54, 1.807) is 0 Å². The van der Waals surface area contributed by atoms with E-state index in [2.05, 4.69) is 0 Å². The molecule has 2 nitrogen and oxygen atoms in total. The van der Waals surface area contributed by atoms with Gasteiger partial charge in [0.05, 0.1) is 0 Å². The zero-order chi connectivity index (χ0) is 7.66. The zero-order valence-electron chi connectivity index (χ0n) is 5.06. The maximum absolute atomic E-state index is 9.06. The van der Waals surface area contributed by atoms with Gasteiger partial charge in [0, 0.05) is 0 Å². The van der Waals surface area contributed by atoms with Crippen LogP contribution in [0.5, 0.6) is 0 Å². The van der Waals surface area contributed by atoms with Crippen LogP contribution < -0.4 is 0 Å². The van der Waals surface area contributed by atoms with Gasteiger partial charge in [0.15, 0.2) is 0 Å². The molecule has 0 atom stereocenters. The third kappa shape index (κ3) is 7.13. The predicted octanol–water partition coefficient (Wildman–Crippen LogP) is 0.609. The number of hydrogen-bond donors (Lipinski definition) is 0. The van der Waals surface area contributed by atoms with E-state index in [4.69, 9.17) is 9.59 Å². The summed E-state index contributed by atoms with van der Waals surface area (Å²) in [6.45, 7) is 0. The Bertz CT molecular complexity index is 218. The molecule has 1 aromatic carbocycles. The summed E-state index contributed by atoms with van der Waals surface area (Å²) in [5, 5.41) is 0. The summed E-state index contributed by atoms with van der Waals surface area (Å²) < 4.78 is 2.87. The fourth-order valence-electron chi connectivity index (χ4n) is 0.335. The molecule has 0 heterocycles. The van der Waals surface area contributed by atoms with E-state index in [0.29, 0.717) is 0 Å². The molecule has 0 amide bonds. The van der Waals surface area contributed by atoms with Crippen molar-refractivity contribution in [1.29, 1.82) is 0 Å². The normalized spacial score (nSPS) is 6.40. The maximum atomic E-state index is 9.06. The van der Waals surface area contributed by atoms with Gasteiger partial charge >= 0.3 is 34.8 Å². The monoisotopic (exact) mass is 223 g/mol. The first-order valence-electron chi connectivity index (χ1n) is 2.43. The van der Waals surface area contributed by atoms with Gasteiger partial charge < -0.3 is 0 Å². The molecule has 0 aliphatic heterocycles. The van der Waals surface area contributed by atoms with Crippen molar-refractivity contribution in [3.8, 4) is 0 Å². The van der Waals surface area contributed by atoms with Crippen molar-refractivity contribution in [1.82, 2.24) is 0 Å². The smallest absolute Gasteiger partial charge is 0.172 e. The van der Waals surface area contributed by atoms with Crippen LogP contribution in [0.3, 0.4) is 0 Å². The molecule has 0 spiro atoms. The summed E-state index contributed by atoms with van der Waals surface area (Å²) in [4.78, 5) is 18.1. The fraction of sp³-hybridized carbons (Fsp3) is 0. The Morgan fingerprint density at radius 2 is 1.60 bits per heavy atom. The largest absolute Gasteiger partial charge is 0.214 e. The van der Waals surface area contributed by atoms with Crippen molar-refractivity contribution in [2.45, 2.75) is 0 Å². The summed E-state index contributed by atoms with van der Waals surface area (Å²) in [5.41, 5.74) is 0. The third-order valence-corrected chi connectivity index (χ3v) is 0.983. The first-order valence-corrected chi connectivity index (χ1v) is 4.17. The molecule has 0 aromatic heterocycles. The van der Waals surface area contributed by atoms with E-state index in [-0.39, 0.29) is 0 Å². The molecule has 0 aliphatic carbocycles. The summed E-state index contributed by atoms with van der Waals surface area (Å²) >= 11 is -0.842. The fourth-order valence-corrected chi connectivity index (χ4v) is 0.408. The van der Waals surface area contributed by atoms with Crippen LogP contribution in [0.4, 0.5) is 0 Å². The second-order valence-corrected chi connectivity index (χ2v) is 2.34. The molecule has 10 heavy (non-hydrogen) atoms. The third-order valence-electron chi connectivity index (χ3n) is 0.628. The summed E-state index contributed by atoms with van der Waals surface area (Å²) in [7, 11) is 0. The molecule has 0 fully saturated rings. The van der Waals surface area contributed by atoms with Crippen LogP contribution >= 0.6 is 0 Å². The molecule has 0 N–H and O–H groups in total.